The van der Waals surface area contributed by atoms with Crippen molar-refractivity contribution in [3.05, 3.63) is 45.5 Å². The van der Waals surface area contributed by atoms with E-state index < -0.39 is 16.7 Å². The highest BCUT2D eigenvalue weighted by Gasteiger charge is 2.30. The van der Waals surface area contributed by atoms with Gasteiger partial charge in [-0.15, -0.1) is 0 Å². The highest BCUT2D eigenvalue weighted by Crippen LogP contribution is 2.39. The lowest BCUT2D eigenvalue weighted by atomic mass is 9.93. The highest BCUT2D eigenvalue weighted by atomic mass is 16.6. The van der Waals surface area contributed by atoms with Crippen molar-refractivity contribution in [3.63, 3.8) is 0 Å². The highest BCUT2D eigenvalue weighted by molar-refractivity contribution is 6.27. The van der Waals surface area contributed by atoms with Gasteiger partial charge in [-0.05, 0) is 19.9 Å². The minimum Gasteiger partial charge on any atom is -0.377 e. The molecule has 1 aliphatic heterocycles. The number of nitro benzene ring substituents is 1. The van der Waals surface area contributed by atoms with Crippen molar-refractivity contribution in [3.8, 4) is 0 Å². The van der Waals surface area contributed by atoms with Crippen LogP contribution >= 0.6 is 0 Å². The molecular weight excluding hydrogens is 286 g/mol. The molecule has 2 aromatic rings. The quantitative estimate of drug-likeness (QED) is 0.515. The molecule has 1 heterocycles. The van der Waals surface area contributed by atoms with Gasteiger partial charge in [0.05, 0.1) is 10.5 Å². The lowest BCUT2D eigenvalue weighted by Crippen LogP contribution is -2.34. The SMILES string of the molecule is CC(C)Nc1c([N+](=O)[O-])cc2c3c(cccc13)C(=O)NC2=O. The van der Waals surface area contributed by atoms with Crippen LogP contribution in [0.2, 0.25) is 0 Å². The summed E-state index contributed by atoms with van der Waals surface area (Å²) in [7, 11) is 0. The fourth-order valence-electron chi connectivity index (χ4n) is 2.66. The van der Waals surface area contributed by atoms with Crippen LogP contribution in [0.3, 0.4) is 0 Å². The van der Waals surface area contributed by atoms with E-state index in [0.717, 1.165) is 0 Å². The van der Waals surface area contributed by atoms with Gasteiger partial charge in [-0.3, -0.25) is 25.0 Å². The lowest BCUT2D eigenvalue weighted by Gasteiger charge is -2.20. The minimum atomic E-state index is -0.618. The van der Waals surface area contributed by atoms with Gasteiger partial charge in [0.2, 0.25) is 0 Å². The van der Waals surface area contributed by atoms with Gasteiger partial charge >= 0.3 is 0 Å². The number of hydrogen-bond acceptors (Lipinski definition) is 5. The largest absolute Gasteiger partial charge is 0.377 e. The molecule has 0 bridgehead atoms. The third kappa shape index (κ3) is 1.98. The molecule has 0 unspecified atom stereocenters. The Morgan fingerprint density at radius 3 is 2.50 bits per heavy atom. The van der Waals surface area contributed by atoms with E-state index in [-0.39, 0.29) is 17.3 Å². The Hall–Kier alpha value is -2.96. The van der Waals surface area contributed by atoms with E-state index in [0.29, 0.717) is 22.0 Å². The van der Waals surface area contributed by atoms with Crippen molar-refractivity contribution in [2.45, 2.75) is 19.9 Å². The summed E-state index contributed by atoms with van der Waals surface area (Å²) in [5, 5.41) is 17.5. The summed E-state index contributed by atoms with van der Waals surface area (Å²) < 4.78 is 0. The fourth-order valence-corrected chi connectivity index (χ4v) is 2.66. The Kier molecular flexibility index (Phi) is 3.05. The first kappa shape index (κ1) is 14.0. The fraction of sp³-hybridized carbons (Fsp3) is 0.200. The zero-order valence-corrected chi connectivity index (χ0v) is 12.0. The maximum Gasteiger partial charge on any atom is 0.293 e. The van der Waals surface area contributed by atoms with Gasteiger partial charge in [0.15, 0.2) is 0 Å². The van der Waals surface area contributed by atoms with E-state index in [1.807, 2.05) is 13.8 Å². The summed E-state index contributed by atoms with van der Waals surface area (Å²) in [5.74, 6) is -1.11. The molecule has 0 saturated heterocycles. The van der Waals surface area contributed by atoms with Crippen LogP contribution in [0.15, 0.2) is 24.3 Å². The maximum atomic E-state index is 12.0. The van der Waals surface area contributed by atoms with Crippen LogP contribution in [0.1, 0.15) is 34.6 Å². The summed E-state index contributed by atoms with van der Waals surface area (Å²) in [4.78, 5) is 34.8. The van der Waals surface area contributed by atoms with Crippen LogP contribution in [-0.4, -0.2) is 22.8 Å². The van der Waals surface area contributed by atoms with Gasteiger partial charge in [-0.25, -0.2) is 0 Å². The Bertz CT molecular complexity index is 842. The first-order chi connectivity index (χ1) is 10.4. The average Bonchev–Trinajstić information content (AvgIpc) is 2.44. The van der Waals surface area contributed by atoms with Gasteiger partial charge < -0.3 is 5.32 Å². The van der Waals surface area contributed by atoms with Gasteiger partial charge in [0.1, 0.15) is 5.69 Å². The van der Waals surface area contributed by atoms with E-state index in [9.17, 15) is 19.7 Å². The van der Waals surface area contributed by atoms with Gasteiger partial charge in [-0.1, -0.05) is 12.1 Å². The maximum absolute atomic E-state index is 12.0. The lowest BCUT2D eigenvalue weighted by molar-refractivity contribution is -0.383. The molecule has 1 aliphatic rings. The zero-order chi connectivity index (χ0) is 16.0. The summed E-state index contributed by atoms with van der Waals surface area (Å²) >= 11 is 0. The number of benzene rings is 2. The van der Waals surface area contributed by atoms with Crippen molar-refractivity contribution in [2.75, 3.05) is 5.32 Å². The van der Waals surface area contributed by atoms with E-state index in [2.05, 4.69) is 10.6 Å². The molecule has 0 radical (unpaired) electrons. The number of nitrogens with one attached hydrogen (secondary N) is 2. The van der Waals surface area contributed by atoms with Crippen molar-refractivity contribution < 1.29 is 14.5 Å². The van der Waals surface area contributed by atoms with Gasteiger partial charge in [-0.2, -0.15) is 0 Å². The molecule has 0 fully saturated rings. The molecule has 2 N–H and O–H groups in total. The molecule has 22 heavy (non-hydrogen) atoms. The third-order valence-electron chi connectivity index (χ3n) is 3.49. The number of amides is 2. The predicted octanol–water partition coefficient (Wildman–Crippen LogP) is 2.45. The minimum absolute atomic E-state index is 0.0381. The predicted molar refractivity (Wildman–Crippen MR) is 81.2 cm³/mol. The molecule has 112 valence electrons. The topological polar surface area (TPSA) is 101 Å². The smallest absolute Gasteiger partial charge is 0.293 e. The van der Waals surface area contributed by atoms with Crippen molar-refractivity contribution in [1.82, 2.24) is 5.32 Å². The number of carbonyl (C=O) groups excluding carboxylic acids is 2. The molecule has 0 saturated carbocycles. The van der Waals surface area contributed by atoms with E-state index in [4.69, 9.17) is 0 Å². The van der Waals surface area contributed by atoms with Crippen molar-refractivity contribution in [2.24, 2.45) is 0 Å². The Morgan fingerprint density at radius 2 is 1.86 bits per heavy atom. The first-order valence-electron chi connectivity index (χ1n) is 6.76. The van der Waals surface area contributed by atoms with Crippen LogP contribution in [0, 0.1) is 10.1 Å². The number of hydrogen-bond donors (Lipinski definition) is 2. The molecule has 0 spiro atoms. The molecule has 7 nitrogen and oxygen atoms in total. The Balaban J connectivity index is 2.46. The monoisotopic (exact) mass is 299 g/mol. The van der Waals surface area contributed by atoms with Gasteiger partial charge in [0, 0.05) is 28.4 Å². The second kappa shape index (κ2) is 4.80. The normalized spacial score (nSPS) is 13.4. The standard InChI is InChI=1S/C15H13N3O4/c1-7(2)16-13-8-4-3-5-9-12(8)10(6-11(13)18(21)22)15(20)17-14(9)19/h3-7,16H,1-2H3,(H,17,19,20). The second-order valence-corrected chi connectivity index (χ2v) is 5.39. The number of anilines is 1. The number of nitrogens with zero attached hydrogens (tertiary/aromatic N) is 1. The molecule has 0 atom stereocenters. The summed E-state index contributed by atoms with van der Waals surface area (Å²) in [6.07, 6.45) is 0. The number of imide groups is 1. The van der Waals surface area contributed by atoms with E-state index >= 15 is 0 Å². The second-order valence-electron chi connectivity index (χ2n) is 5.39. The number of rotatable bonds is 3. The summed E-state index contributed by atoms with van der Waals surface area (Å²) in [5.41, 5.74) is 0.626. The molecule has 0 aromatic heterocycles. The van der Waals surface area contributed by atoms with Crippen molar-refractivity contribution in [1.29, 1.82) is 0 Å². The molecule has 2 aromatic carbocycles. The molecule has 7 heteroatoms. The number of carbonyl (C=O) groups is 2. The molecule has 3 rings (SSSR count). The zero-order valence-electron chi connectivity index (χ0n) is 12.0. The number of nitro groups is 1. The molecule has 2 amide bonds. The van der Waals surface area contributed by atoms with Crippen molar-refractivity contribution >= 4 is 34.0 Å². The van der Waals surface area contributed by atoms with Crippen LogP contribution in [0.4, 0.5) is 11.4 Å². The average molecular weight is 299 g/mol. The summed E-state index contributed by atoms with van der Waals surface area (Å²) in [6.45, 7) is 3.72. The third-order valence-corrected chi connectivity index (χ3v) is 3.49. The molecule has 0 aliphatic carbocycles. The van der Waals surface area contributed by atoms with Crippen LogP contribution in [-0.2, 0) is 0 Å². The Labute approximate surface area is 125 Å². The van der Waals surface area contributed by atoms with Crippen LogP contribution in [0.25, 0.3) is 10.8 Å². The van der Waals surface area contributed by atoms with Crippen LogP contribution in [0.5, 0.6) is 0 Å². The first-order valence-corrected chi connectivity index (χ1v) is 6.76. The Morgan fingerprint density at radius 1 is 1.18 bits per heavy atom. The molecular formula is C15H13N3O4. The van der Waals surface area contributed by atoms with E-state index in [1.54, 1.807) is 18.2 Å². The van der Waals surface area contributed by atoms with Gasteiger partial charge in [0.25, 0.3) is 17.5 Å². The van der Waals surface area contributed by atoms with E-state index in [1.165, 1.54) is 6.07 Å². The summed E-state index contributed by atoms with van der Waals surface area (Å²) in [6, 6.07) is 6.10. The van der Waals surface area contributed by atoms with Crippen LogP contribution < -0.4 is 10.6 Å².